The molecule has 26 heavy (non-hydrogen) atoms. The number of rotatable bonds is 7. The molecule has 8 heteroatoms. The van der Waals surface area contributed by atoms with Gasteiger partial charge < -0.3 is 10.1 Å². The van der Waals surface area contributed by atoms with Gasteiger partial charge in [-0.2, -0.15) is 4.31 Å². The van der Waals surface area contributed by atoms with E-state index in [1.807, 2.05) is 20.8 Å². The Labute approximate surface area is 154 Å². The zero-order valence-corrected chi connectivity index (χ0v) is 16.3. The van der Waals surface area contributed by atoms with Gasteiger partial charge in [-0.25, -0.2) is 13.2 Å². The molecule has 0 aliphatic carbocycles. The molecule has 1 aromatic carbocycles. The Hall–Kier alpha value is -1.93. The van der Waals surface area contributed by atoms with E-state index in [0.29, 0.717) is 13.1 Å². The molecule has 0 bridgehead atoms. The van der Waals surface area contributed by atoms with Crippen LogP contribution in [0.2, 0.25) is 0 Å². The van der Waals surface area contributed by atoms with Crippen molar-refractivity contribution in [3.05, 3.63) is 29.8 Å². The summed E-state index contributed by atoms with van der Waals surface area (Å²) in [5.41, 5.74) is -0.164. The minimum atomic E-state index is -3.51. The highest BCUT2D eigenvalue weighted by Gasteiger charge is 2.27. The van der Waals surface area contributed by atoms with Crippen LogP contribution in [0.3, 0.4) is 0 Å². The molecule has 0 atom stereocenters. The van der Waals surface area contributed by atoms with Crippen molar-refractivity contribution in [1.29, 1.82) is 0 Å². The maximum absolute atomic E-state index is 12.4. The Balaban J connectivity index is 1.95. The summed E-state index contributed by atoms with van der Waals surface area (Å²) in [6, 6.07) is 5.59. The maximum atomic E-state index is 12.4. The molecule has 0 aromatic heterocycles. The van der Waals surface area contributed by atoms with Crippen LogP contribution in [0.1, 0.15) is 50.4 Å². The first kappa shape index (κ1) is 20.4. The van der Waals surface area contributed by atoms with E-state index in [2.05, 4.69) is 5.32 Å². The van der Waals surface area contributed by atoms with E-state index in [4.69, 9.17) is 4.74 Å². The van der Waals surface area contributed by atoms with E-state index in [1.54, 1.807) is 0 Å². The van der Waals surface area contributed by atoms with Gasteiger partial charge in [0.25, 0.3) is 5.91 Å². The van der Waals surface area contributed by atoms with Crippen molar-refractivity contribution in [1.82, 2.24) is 9.62 Å². The lowest BCUT2D eigenvalue weighted by atomic mass is 10.0. The van der Waals surface area contributed by atoms with Gasteiger partial charge in [-0.05, 0) is 57.4 Å². The van der Waals surface area contributed by atoms with Crippen LogP contribution in [0, 0.1) is 0 Å². The Morgan fingerprint density at radius 2 is 1.73 bits per heavy atom. The predicted octanol–water partition coefficient (Wildman–Crippen LogP) is 1.93. The second-order valence-corrected chi connectivity index (χ2v) is 8.94. The van der Waals surface area contributed by atoms with Crippen LogP contribution < -0.4 is 5.32 Å². The van der Waals surface area contributed by atoms with Gasteiger partial charge in [0, 0.05) is 18.6 Å². The Morgan fingerprint density at radius 3 is 2.27 bits per heavy atom. The third-order valence-corrected chi connectivity index (χ3v) is 6.40. The molecule has 7 nitrogen and oxygen atoms in total. The number of carbonyl (C=O) groups is 2. The standard InChI is InChI=1S/C18H26N2O5S/c1-4-18(2,3)19-16(21)13-25-17(22)14-7-9-15(10-8-14)26(23,24)20-11-5-6-12-20/h7-10H,4-6,11-13H2,1-3H3,(H,19,21). The summed E-state index contributed by atoms with van der Waals surface area (Å²) in [6.07, 6.45) is 2.47. The van der Waals surface area contributed by atoms with Gasteiger partial charge in [0.15, 0.2) is 6.61 Å². The molecule has 1 aromatic rings. The summed E-state index contributed by atoms with van der Waals surface area (Å²) < 4.78 is 31.3. The second-order valence-electron chi connectivity index (χ2n) is 7.00. The third-order valence-electron chi connectivity index (χ3n) is 4.49. The SMILES string of the molecule is CCC(C)(C)NC(=O)COC(=O)c1ccc(S(=O)(=O)N2CCCC2)cc1. The van der Waals surface area contributed by atoms with Crippen LogP contribution in [0.25, 0.3) is 0 Å². The average molecular weight is 382 g/mol. The van der Waals surface area contributed by atoms with Gasteiger partial charge in [-0.1, -0.05) is 6.92 Å². The van der Waals surface area contributed by atoms with Crippen molar-refractivity contribution in [2.75, 3.05) is 19.7 Å². The molecule has 1 aliphatic rings. The predicted molar refractivity (Wildman–Crippen MR) is 97.2 cm³/mol. The van der Waals surface area contributed by atoms with E-state index in [9.17, 15) is 18.0 Å². The fourth-order valence-corrected chi connectivity index (χ4v) is 4.07. The number of ether oxygens (including phenoxy) is 1. The lowest BCUT2D eigenvalue weighted by Crippen LogP contribution is -2.44. The molecular weight excluding hydrogens is 356 g/mol. The molecule has 0 unspecified atom stereocenters. The van der Waals surface area contributed by atoms with Gasteiger partial charge >= 0.3 is 5.97 Å². The first-order valence-corrected chi connectivity index (χ1v) is 10.2. The van der Waals surface area contributed by atoms with Crippen LogP contribution in [0.5, 0.6) is 0 Å². The fraction of sp³-hybridized carbons (Fsp3) is 0.556. The molecule has 1 N–H and O–H groups in total. The van der Waals surface area contributed by atoms with Gasteiger partial charge in [0.2, 0.25) is 10.0 Å². The van der Waals surface area contributed by atoms with Crippen LogP contribution >= 0.6 is 0 Å². The van der Waals surface area contributed by atoms with E-state index in [-0.39, 0.29) is 28.5 Å². The Kier molecular flexibility index (Phi) is 6.41. The normalized spacial score (nSPS) is 15.7. The molecule has 1 heterocycles. The highest BCUT2D eigenvalue weighted by molar-refractivity contribution is 7.89. The van der Waals surface area contributed by atoms with Gasteiger partial charge in [0.1, 0.15) is 0 Å². The monoisotopic (exact) mass is 382 g/mol. The average Bonchev–Trinajstić information content (AvgIpc) is 3.15. The number of nitrogens with one attached hydrogen (secondary N) is 1. The number of esters is 1. The topological polar surface area (TPSA) is 92.8 Å². The van der Waals surface area contributed by atoms with Crippen LogP contribution in [-0.2, 0) is 19.6 Å². The van der Waals surface area contributed by atoms with Crippen molar-refractivity contribution in [3.63, 3.8) is 0 Å². The van der Waals surface area contributed by atoms with E-state index < -0.39 is 16.0 Å². The first-order valence-electron chi connectivity index (χ1n) is 8.74. The lowest BCUT2D eigenvalue weighted by molar-refractivity contribution is -0.125. The van der Waals surface area contributed by atoms with Crippen molar-refractivity contribution < 1.29 is 22.7 Å². The van der Waals surface area contributed by atoms with Crippen molar-refractivity contribution >= 4 is 21.9 Å². The summed E-state index contributed by atoms with van der Waals surface area (Å²) in [5, 5.41) is 2.77. The summed E-state index contributed by atoms with van der Waals surface area (Å²) >= 11 is 0. The largest absolute Gasteiger partial charge is 0.452 e. The molecule has 0 saturated carbocycles. The second kappa shape index (κ2) is 8.18. The van der Waals surface area contributed by atoms with Gasteiger partial charge in [-0.15, -0.1) is 0 Å². The molecule has 144 valence electrons. The van der Waals surface area contributed by atoms with Crippen molar-refractivity contribution in [2.24, 2.45) is 0 Å². The van der Waals surface area contributed by atoms with E-state index in [0.717, 1.165) is 19.3 Å². The molecule has 1 fully saturated rings. The highest BCUT2D eigenvalue weighted by atomic mass is 32.2. The molecule has 0 radical (unpaired) electrons. The number of hydrogen-bond donors (Lipinski definition) is 1. The third kappa shape index (κ3) is 5.04. The van der Waals surface area contributed by atoms with Crippen LogP contribution in [-0.4, -0.2) is 49.8 Å². The first-order chi connectivity index (χ1) is 12.2. The van der Waals surface area contributed by atoms with E-state index in [1.165, 1.54) is 28.6 Å². The summed E-state index contributed by atoms with van der Waals surface area (Å²) in [6.45, 7) is 6.38. The molecule has 2 rings (SSSR count). The number of sulfonamides is 1. The van der Waals surface area contributed by atoms with E-state index >= 15 is 0 Å². The molecular formula is C18H26N2O5S. The number of hydrogen-bond acceptors (Lipinski definition) is 5. The summed E-state index contributed by atoms with van der Waals surface area (Å²) in [4.78, 5) is 24.0. The number of benzene rings is 1. The maximum Gasteiger partial charge on any atom is 0.338 e. The minimum absolute atomic E-state index is 0.151. The zero-order chi connectivity index (χ0) is 19.4. The fourth-order valence-electron chi connectivity index (χ4n) is 2.56. The Morgan fingerprint density at radius 1 is 1.15 bits per heavy atom. The number of carbonyl (C=O) groups excluding carboxylic acids is 2. The lowest BCUT2D eigenvalue weighted by Gasteiger charge is -2.24. The molecule has 1 aliphatic heterocycles. The molecule has 0 spiro atoms. The smallest absolute Gasteiger partial charge is 0.338 e. The van der Waals surface area contributed by atoms with Crippen molar-refractivity contribution in [2.45, 2.75) is 50.5 Å². The van der Waals surface area contributed by atoms with Crippen LogP contribution in [0.4, 0.5) is 0 Å². The van der Waals surface area contributed by atoms with Gasteiger partial charge in [0.05, 0.1) is 10.5 Å². The summed E-state index contributed by atoms with van der Waals surface area (Å²) in [5.74, 6) is -1.04. The van der Waals surface area contributed by atoms with Gasteiger partial charge in [-0.3, -0.25) is 4.79 Å². The minimum Gasteiger partial charge on any atom is -0.452 e. The zero-order valence-electron chi connectivity index (χ0n) is 15.4. The number of amides is 1. The van der Waals surface area contributed by atoms with Crippen LogP contribution in [0.15, 0.2) is 29.2 Å². The van der Waals surface area contributed by atoms with Crippen molar-refractivity contribution in [3.8, 4) is 0 Å². The quantitative estimate of drug-likeness (QED) is 0.728. The number of nitrogens with zero attached hydrogens (tertiary/aromatic N) is 1. The molecule has 1 amide bonds. The molecule has 1 saturated heterocycles. The summed E-state index contributed by atoms with van der Waals surface area (Å²) in [7, 11) is -3.51. The highest BCUT2D eigenvalue weighted by Crippen LogP contribution is 2.21. The Bertz CT molecular complexity index is 750.